The molecule has 0 amide bonds. The zero-order valence-corrected chi connectivity index (χ0v) is 8.39. The quantitative estimate of drug-likeness (QED) is 0.614. The highest BCUT2D eigenvalue weighted by Crippen LogP contribution is 2.01. The highest BCUT2D eigenvalue weighted by Gasteiger charge is 2.03. The summed E-state index contributed by atoms with van der Waals surface area (Å²) >= 11 is 3.25. The number of aromatic carboxylic acids is 1. The summed E-state index contributed by atoms with van der Waals surface area (Å²) in [5.74, 6) is 4.78. The standard InChI is InChI=1S/C9H8BrNO2/c10-4-2-1-3-7-5-8(9(12)13)11-6-7/h5-6,11H,2,4H2,(H,12,13). The normalized spacial score (nSPS) is 9.00. The van der Waals surface area contributed by atoms with Gasteiger partial charge in [-0.05, 0) is 6.07 Å². The van der Waals surface area contributed by atoms with Gasteiger partial charge >= 0.3 is 5.97 Å². The summed E-state index contributed by atoms with van der Waals surface area (Å²) in [6.45, 7) is 0. The number of hydrogen-bond acceptors (Lipinski definition) is 1. The van der Waals surface area contributed by atoms with E-state index in [1.165, 1.54) is 6.07 Å². The van der Waals surface area contributed by atoms with Gasteiger partial charge in [-0.25, -0.2) is 4.79 Å². The van der Waals surface area contributed by atoms with Crippen LogP contribution in [-0.2, 0) is 0 Å². The van der Waals surface area contributed by atoms with E-state index < -0.39 is 5.97 Å². The van der Waals surface area contributed by atoms with Gasteiger partial charge < -0.3 is 10.1 Å². The molecule has 4 heteroatoms. The van der Waals surface area contributed by atoms with E-state index in [9.17, 15) is 4.79 Å². The number of aromatic amines is 1. The molecule has 0 aliphatic rings. The van der Waals surface area contributed by atoms with Gasteiger partial charge in [-0.3, -0.25) is 0 Å². The number of carboxylic acid groups (broad SMARTS) is 1. The summed E-state index contributed by atoms with van der Waals surface area (Å²) in [4.78, 5) is 13.1. The van der Waals surface area contributed by atoms with Gasteiger partial charge in [-0.2, -0.15) is 0 Å². The van der Waals surface area contributed by atoms with Crippen LogP contribution in [0, 0.1) is 11.8 Å². The Morgan fingerprint density at radius 2 is 2.46 bits per heavy atom. The first kappa shape index (κ1) is 9.87. The predicted molar refractivity (Wildman–Crippen MR) is 53.0 cm³/mol. The summed E-state index contributed by atoms with van der Waals surface area (Å²) in [6.07, 6.45) is 2.35. The fourth-order valence-electron chi connectivity index (χ4n) is 0.802. The first-order valence-electron chi connectivity index (χ1n) is 3.70. The van der Waals surface area contributed by atoms with Gasteiger partial charge in [0.25, 0.3) is 0 Å². The number of halogens is 1. The second kappa shape index (κ2) is 4.73. The highest BCUT2D eigenvalue weighted by atomic mass is 79.9. The van der Waals surface area contributed by atoms with Crippen LogP contribution in [0.25, 0.3) is 0 Å². The molecule has 1 aromatic rings. The van der Waals surface area contributed by atoms with E-state index in [1.807, 2.05) is 0 Å². The number of aromatic nitrogens is 1. The number of carboxylic acids is 1. The molecule has 0 aliphatic heterocycles. The Labute approximate surface area is 84.3 Å². The molecule has 0 bridgehead atoms. The second-order valence-electron chi connectivity index (χ2n) is 2.35. The summed E-state index contributed by atoms with van der Waals surface area (Å²) < 4.78 is 0. The molecule has 13 heavy (non-hydrogen) atoms. The first-order chi connectivity index (χ1) is 6.24. The molecule has 0 saturated carbocycles. The Hall–Kier alpha value is -1.21. The van der Waals surface area contributed by atoms with E-state index in [0.717, 1.165) is 11.8 Å². The van der Waals surface area contributed by atoms with Crippen LogP contribution in [-0.4, -0.2) is 21.4 Å². The van der Waals surface area contributed by atoms with Gasteiger partial charge in [0.05, 0.1) is 0 Å². The maximum absolute atomic E-state index is 10.5. The minimum atomic E-state index is -0.964. The lowest BCUT2D eigenvalue weighted by atomic mass is 10.3. The van der Waals surface area contributed by atoms with Gasteiger partial charge in [0.1, 0.15) is 5.69 Å². The molecule has 1 aromatic heterocycles. The van der Waals surface area contributed by atoms with E-state index in [2.05, 4.69) is 32.8 Å². The molecule has 0 fully saturated rings. The third kappa shape index (κ3) is 2.96. The topological polar surface area (TPSA) is 53.1 Å². The monoisotopic (exact) mass is 241 g/mol. The number of alkyl halides is 1. The average molecular weight is 242 g/mol. The lowest BCUT2D eigenvalue weighted by Crippen LogP contribution is -1.94. The Bertz CT molecular complexity index is 359. The van der Waals surface area contributed by atoms with Crippen molar-refractivity contribution in [3.63, 3.8) is 0 Å². The van der Waals surface area contributed by atoms with E-state index in [0.29, 0.717) is 5.56 Å². The van der Waals surface area contributed by atoms with Gasteiger partial charge in [0.2, 0.25) is 0 Å². The van der Waals surface area contributed by atoms with Crippen molar-refractivity contribution < 1.29 is 9.90 Å². The van der Waals surface area contributed by atoms with Gasteiger partial charge in [0.15, 0.2) is 0 Å². The summed E-state index contributed by atoms with van der Waals surface area (Å²) in [6, 6.07) is 1.52. The fraction of sp³-hybridized carbons (Fsp3) is 0.222. The van der Waals surface area contributed by atoms with Gasteiger partial charge in [-0.1, -0.05) is 27.8 Å². The third-order valence-corrected chi connectivity index (χ3v) is 1.76. The predicted octanol–water partition coefficient (Wildman–Crippen LogP) is 1.85. The molecule has 2 N–H and O–H groups in total. The fourth-order valence-corrected chi connectivity index (χ4v) is 1.00. The van der Waals surface area contributed by atoms with Crippen molar-refractivity contribution in [1.29, 1.82) is 0 Å². The molecule has 1 rings (SSSR count). The van der Waals surface area contributed by atoms with Crippen molar-refractivity contribution in [2.75, 3.05) is 5.33 Å². The van der Waals surface area contributed by atoms with Crippen molar-refractivity contribution in [2.45, 2.75) is 6.42 Å². The van der Waals surface area contributed by atoms with Crippen LogP contribution in [0.5, 0.6) is 0 Å². The van der Waals surface area contributed by atoms with Crippen molar-refractivity contribution in [3.8, 4) is 11.8 Å². The molecule has 0 atom stereocenters. The van der Waals surface area contributed by atoms with Crippen molar-refractivity contribution in [3.05, 3.63) is 23.5 Å². The molecule has 68 valence electrons. The number of hydrogen-bond donors (Lipinski definition) is 2. The minimum Gasteiger partial charge on any atom is -0.477 e. The van der Waals surface area contributed by atoms with Crippen molar-refractivity contribution >= 4 is 21.9 Å². The molecule has 0 saturated heterocycles. The van der Waals surface area contributed by atoms with Crippen LogP contribution in [0.2, 0.25) is 0 Å². The zero-order valence-electron chi connectivity index (χ0n) is 6.80. The van der Waals surface area contributed by atoms with Crippen molar-refractivity contribution in [2.24, 2.45) is 0 Å². The summed E-state index contributed by atoms with van der Waals surface area (Å²) in [7, 11) is 0. The van der Waals surface area contributed by atoms with Crippen LogP contribution >= 0.6 is 15.9 Å². The molecule has 0 aliphatic carbocycles. The number of carbonyl (C=O) groups is 1. The van der Waals surface area contributed by atoms with E-state index in [1.54, 1.807) is 6.20 Å². The molecule has 0 unspecified atom stereocenters. The smallest absolute Gasteiger partial charge is 0.352 e. The average Bonchev–Trinajstić information content (AvgIpc) is 2.53. The largest absolute Gasteiger partial charge is 0.477 e. The number of H-pyrrole nitrogens is 1. The number of rotatable bonds is 2. The van der Waals surface area contributed by atoms with E-state index >= 15 is 0 Å². The van der Waals surface area contributed by atoms with Gasteiger partial charge in [0, 0.05) is 23.5 Å². The Morgan fingerprint density at radius 1 is 1.69 bits per heavy atom. The van der Waals surface area contributed by atoms with Crippen LogP contribution in [0.3, 0.4) is 0 Å². The van der Waals surface area contributed by atoms with Crippen molar-refractivity contribution in [1.82, 2.24) is 4.98 Å². The Balaban J connectivity index is 2.71. The van der Waals surface area contributed by atoms with Crippen LogP contribution in [0.4, 0.5) is 0 Å². The van der Waals surface area contributed by atoms with Crippen LogP contribution in [0.15, 0.2) is 12.3 Å². The van der Waals surface area contributed by atoms with Crippen LogP contribution < -0.4 is 0 Å². The van der Waals surface area contributed by atoms with Crippen LogP contribution in [0.1, 0.15) is 22.5 Å². The Kier molecular flexibility index (Phi) is 3.59. The third-order valence-electron chi connectivity index (χ3n) is 1.37. The lowest BCUT2D eigenvalue weighted by Gasteiger charge is -1.81. The summed E-state index contributed by atoms with van der Waals surface area (Å²) in [5.41, 5.74) is 0.876. The second-order valence-corrected chi connectivity index (χ2v) is 3.14. The Morgan fingerprint density at radius 3 is 3.00 bits per heavy atom. The molecule has 0 spiro atoms. The molecule has 0 radical (unpaired) electrons. The van der Waals surface area contributed by atoms with E-state index in [4.69, 9.17) is 5.11 Å². The molecule has 1 heterocycles. The number of nitrogens with one attached hydrogen (secondary N) is 1. The lowest BCUT2D eigenvalue weighted by molar-refractivity contribution is 0.0691. The molecular formula is C9H8BrNO2. The maximum Gasteiger partial charge on any atom is 0.352 e. The SMILES string of the molecule is O=C(O)c1cc(C#CCCBr)c[nH]1. The maximum atomic E-state index is 10.5. The zero-order chi connectivity index (χ0) is 9.68. The molecular weight excluding hydrogens is 234 g/mol. The van der Waals surface area contributed by atoms with Gasteiger partial charge in [-0.15, -0.1) is 0 Å². The highest BCUT2D eigenvalue weighted by molar-refractivity contribution is 9.09. The molecule has 3 nitrogen and oxygen atoms in total. The van der Waals surface area contributed by atoms with E-state index in [-0.39, 0.29) is 5.69 Å². The summed E-state index contributed by atoms with van der Waals surface area (Å²) in [5, 5.41) is 9.41. The minimum absolute atomic E-state index is 0.170. The first-order valence-corrected chi connectivity index (χ1v) is 4.82. The molecule has 0 aromatic carbocycles.